The number of thiazole rings is 1. The first-order chi connectivity index (χ1) is 11.5. The minimum absolute atomic E-state index is 0.135. The van der Waals surface area contributed by atoms with Gasteiger partial charge in [0, 0.05) is 5.38 Å². The number of carbonyl (C=O) groups excluding carboxylic acids is 2. The second kappa shape index (κ2) is 8.06. The summed E-state index contributed by atoms with van der Waals surface area (Å²) < 4.78 is 0. The van der Waals surface area contributed by atoms with Crippen LogP contribution in [0, 0.1) is 0 Å². The third-order valence-corrected chi connectivity index (χ3v) is 3.75. The van der Waals surface area contributed by atoms with Crippen molar-refractivity contribution in [1.82, 2.24) is 15.6 Å². The lowest BCUT2D eigenvalue weighted by atomic mass is 10.0. The summed E-state index contributed by atoms with van der Waals surface area (Å²) in [4.78, 5) is 38.6. The summed E-state index contributed by atoms with van der Waals surface area (Å²) in [7, 11) is 0. The van der Waals surface area contributed by atoms with E-state index in [9.17, 15) is 14.4 Å². The number of amides is 2. The van der Waals surface area contributed by atoms with Crippen molar-refractivity contribution in [2.45, 2.75) is 12.5 Å². The molecule has 2 amide bonds. The van der Waals surface area contributed by atoms with Gasteiger partial charge < -0.3 is 21.5 Å². The molecule has 0 aliphatic heterocycles. The Morgan fingerprint density at radius 1 is 1.25 bits per heavy atom. The smallest absolute Gasteiger partial charge is 0.305 e. The fourth-order valence-corrected chi connectivity index (χ4v) is 2.54. The number of nitrogen functional groups attached to an aromatic ring is 1. The molecule has 2 aromatic rings. The summed E-state index contributed by atoms with van der Waals surface area (Å²) in [5.74, 6) is -2.06. The highest BCUT2D eigenvalue weighted by Crippen LogP contribution is 2.16. The first kappa shape index (κ1) is 17.4. The number of carbonyl (C=O) groups is 3. The van der Waals surface area contributed by atoms with Gasteiger partial charge in [-0.05, 0) is 5.56 Å². The second-order valence-corrected chi connectivity index (χ2v) is 5.77. The maximum Gasteiger partial charge on any atom is 0.305 e. The largest absolute Gasteiger partial charge is 0.481 e. The molecule has 9 heteroatoms. The zero-order chi connectivity index (χ0) is 17.5. The van der Waals surface area contributed by atoms with Crippen molar-refractivity contribution >= 4 is 34.3 Å². The molecule has 0 aliphatic rings. The lowest BCUT2D eigenvalue weighted by Gasteiger charge is -2.17. The number of nitrogens with one attached hydrogen (secondary N) is 2. The van der Waals surface area contributed by atoms with Crippen LogP contribution in [0.4, 0.5) is 5.13 Å². The lowest BCUT2D eigenvalue weighted by molar-refractivity contribution is -0.137. The van der Waals surface area contributed by atoms with E-state index in [-0.39, 0.29) is 23.8 Å². The highest BCUT2D eigenvalue weighted by atomic mass is 32.1. The number of carboxylic acid groups (broad SMARTS) is 1. The molecule has 0 fully saturated rings. The predicted octanol–water partition coefficient (Wildman–Crippen LogP) is 0.787. The number of hydrogen-bond acceptors (Lipinski definition) is 6. The number of hydrogen-bond donors (Lipinski definition) is 4. The van der Waals surface area contributed by atoms with E-state index in [0.29, 0.717) is 5.56 Å². The number of aliphatic carboxylic acids is 1. The molecular formula is C15H16N4O4S. The molecule has 126 valence electrons. The fraction of sp³-hybridized carbons (Fsp3) is 0.200. The molecule has 0 spiro atoms. The molecule has 0 bridgehead atoms. The summed E-state index contributed by atoms with van der Waals surface area (Å²) in [6, 6.07) is 8.08. The van der Waals surface area contributed by atoms with Crippen molar-refractivity contribution in [2.75, 3.05) is 12.3 Å². The van der Waals surface area contributed by atoms with E-state index in [1.165, 1.54) is 5.38 Å². The highest BCUT2D eigenvalue weighted by molar-refractivity contribution is 7.13. The van der Waals surface area contributed by atoms with Gasteiger partial charge in [-0.3, -0.25) is 14.4 Å². The summed E-state index contributed by atoms with van der Waals surface area (Å²) in [6.45, 7) is -0.292. The Kier molecular flexibility index (Phi) is 5.85. The van der Waals surface area contributed by atoms with Gasteiger partial charge in [-0.1, -0.05) is 30.3 Å². The summed E-state index contributed by atoms with van der Waals surface area (Å²) in [5.41, 5.74) is 6.25. The quantitative estimate of drug-likeness (QED) is 0.584. The topological polar surface area (TPSA) is 134 Å². The standard InChI is InChI=1S/C15H16N4O4S/c16-15-19-11(8-24-15)14(23)17-7-12(20)18-10(6-13(21)22)9-4-2-1-3-5-9/h1-5,8,10H,6-7H2,(H2,16,19)(H,17,23)(H,18,20)(H,21,22). The highest BCUT2D eigenvalue weighted by Gasteiger charge is 2.18. The molecule has 24 heavy (non-hydrogen) atoms. The van der Waals surface area contributed by atoms with Crippen LogP contribution < -0.4 is 16.4 Å². The molecule has 8 nitrogen and oxygen atoms in total. The van der Waals surface area contributed by atoms with Crippen molar-refractivity contribution < 1.29 is 19.5 Å². The first-order valence-electron chi connectivity index (χ1n) is 7.01. The van der Waals surface area contributed by atoms with Crippen molar-refractivity contribution in [3.8, 4) is 0 Å². The Balaban J connectivity index is 1.93. The number of nitrogens with two attached hydrogens (primary N) is 1. The minimum atomic E-state index is -1.04. The predicted molar refractivity (Wildman–Crippen MR) is 88.4 cm³/mol. The van der Waals surface area contributed by atoms with Crippen LogP contribution in [0.25, 0.3) is 0 Å². The molecule has 0 radical (unpaired) electrons. The Hall–Kier alpha value is -2.94. The van der Waals surface area contributed by atoms with E-state index < -0.39 is 23.8 Å². The third kappa shape index (κ3) is 5.06. The van der Waals surface area contributed by atoms with Crippen molar-refractivity contribution in [3.63, 3.8) is 0 Å². The molecule has 2 rings (SSSR count). The van der Waals surface area contributed by atoms with Gasteiger partial charge in [-0.15, -0.1) is 11.3 Å². The Morgan fingerprint density at radius 2 is 1.96 bits per heavy atom. The van der Waals surface area contributed by atoms with E-state index in [1.807, 2.05) is 0 Å². The van der Waals surface area contributed by atoms with Gasteiger partial charge in [0.2, 0.25) is 5.91 Å². The monoisotopic (exact) mass is 348 g/mol. The number of benzene rings is 1. The molecule has 1 atom stereocenters. The number of anilines is 1. The molecule has 5 N–H and O–H groups in total. The fourth-order valence-electron chi connectivity index (χ4n) is 2.00. The third-order valence-electron chi connectivity index (χ3n) is 3.08. The van der Waals surface area contributed by atoms with Crippen molar-refractivity contribution in [2.24, 2.45) is 0 Å². The van der Waals surface area contributed by atoms with Gasteiger partial charge in [0.1, 0.15) is 5.69 Å². The average Bonchev–Trinajstić information content (AvgIpc) is 2.99. The molecular weight excluding hydrogens is 332 g/mol. The zero-order valence-electron chi connectivity index (χ0n) is 12.6. The molecule has 0 aliphatic carbocycles. The van der Waals surface area contributed by atoms with E-state index in [2.05, 4.69) is 15.6 Å². The van der Waals surface area contributed by atoms with Gasteiger partial charge in [-0.2, -0.15) is 0 Å². The van der Waals surface area contributed by atoms with Crippen LogP contribution in [0.2, 0.25) is 0 Å². The molecule has 1 unspecified atom stereocenters. The normalized spacial score (nSPS) is 11.5. The summed E-state index contributed by atoms with van der Waals surface area (Å²) in [5, 5.41) is 15.7. The van der Waals surface area contributed by atoms with E-state index in [4.69, 9.17) is 10.8 Å². The number of carboxylic acids is 1. The van der Waals surface area contributed by atoms with E-state index in [0.717, 1.165) is 11.3 Å². The minimum Gasteiger partial charge on any atom is -0.481 e. The van der Waals surface area contributed by atoms with Crippen LogP contribution in [0.3, 0.4) is 0 Å². The molecule has 1 aromatic carbocycles. The van der Waals surface area contributed by atoms with Gasteiger partial charge in [0.05, 0.1) is 19.0 Å². The number of aromatic nitrogens is 1. The Morgan fingerprint density at radius 3 is 2.54 bits per heavy atom. The van der Waals surface area contributed by atoms with Gasteiger partial charge in [0.25, 0.3) is 5.91 Å². The SMILES string of the molecule is Nc1nc(C(=O)NCC(=O)NC(CC(=O)O)c2ccccc2)cs1. The summed E-state index contributed by atoms with van der Waals surface area (Å²) >= 11 is 1.12. The van der Waals surface area contributed by atoms with E-state index in [1.54, 1.807) is 30.3 Å². The van der Waals surface area contributed by atoms with Crippen molar-refractivity contribution in [3.05, 3.63) is 47.0 Å². The van der Waals surface area contributed by atoms with Crippen LogP contribution in [0.1, 0.15) is 28.5 Å². The number of rotatable bonds is 7. The average molecular weight is 348 g/mol. The molecule has 0 saturated carbocycles. The lowest BCUT2D eigenvalue weighted by Crippen LogP contribution is -2.39. The van der Waals surface area contributed by atoms with Crippen LogP contribution in [-0.4, -0.2) is 34.4 Å². The van der Waals surface area contributed by atoms with Gasteiger partial charge >= 0.3 is 5.97 Å². The van der Waals surface area contributed by atoms with Crippen molar-refractivity contribution in [1.29, 1.82) is 0 Å². The van der Waals surface area contributed by atoms with Crippen LogP contribution in [0.15, 0.2) is 35.7 Å². The van der Waals surface area contributed by atoms with Crippen LogP contribution in [-0.2, 0) is 9.59 Å². The van der Waals surface area contributed by atoms with Gasteiger partial charge in [-0.25, -0.2) is 4.98 Å². The zero-order valence-corrected chi connectivity index (χ0v) is 13.4. The first-order valence-corrected chi connectivity index (χ1v) is 7.89. The maximum atomic E-state index is 12.0. The second-order valence-electron chi connectivity index (χ2n) is 4.88. The number of nitrogens with zero attached hydrogens (tertiary/aromatic N) is 1. The maximum absolute atomic E-state index is 12.0. The molecule has 0 saturated heterocycles. The Bertz CT molecular complexity index is 732. The molecule has 1 aromatic heterocycles. The Labute approximate surface area is 141 Å². The summed E-state index contributed by atoms with van der Waals surface area (Å²) in [6.07, 6.45) is -0.258. The van der Waals surface area contributed by atoms with Gasteiger partial charge in [0.15, 0.2) is 5.13 Å². The molecule has 1 heterocycles. The van der Waals surface area contributed by atoms with Crippen LogP contribution in [0.5, 0.6) is 0 Å². The van der Waals surface area contributed by atoms with Crippen LogP contribution >= 0.6 is 11.3 Å². The van der Waals surface area contributed by atoms with E-state index >= 15 is 0 Å².